The first-order valence-corrected chi connectivity index (χ1v) is 8.09. The number of carbonyl (C=O) groups is 2. The highest BCUT2D eigenvalue weighted by Crippen LogP contribution is 2.15. The highest BCUT2D eigenvalue weighted by Gasteiger charge is 2.23. The summed E-state index contributed by atoms with van der Waals surface area (Å²) in [6.45, 7) is 4.96. The third-order valence-corrected chi connectivity index (χ3v) is 3.50. The summed E-state index contributed by atoms with van der Waals surface area (Å²) in [5.74, 6) is -0.243. The zero-order valence-corrected chi connectivity index (χ0v) is 14.9. The van der Waals surface area contributed by atoms with Crippen molar-refractivity contribution in [3.05, 3.63) is 53.2 Å². The number of nitrogens with one attached hydrogen (secondary N) is 1. The molecular weight excluding hydrogens is 344 g/mol. The molecule has 1 N–H and O–H groups in total. The lowest BCUT2D eigenvalue weighted by molar-refractivity contribution is -0.159. The molecule has 7 heteroatoms. The van der Waals surface area contributed by atoms with Crippen LogP contribution in [0.3, 0.4) is 0 Å². The van der Waals surface area contributed by atoms with E-state index in [-0.39, 0.29) is 0 Å². The molecule has 0 spiro atoms. The zero-order valence-electron chi connectivity index (χ0n) is 14.2. The standard InChI is InChI=1S/C18H19ClN2O4/c1-11-5-4-6-15(9-11)24-13(3)18(23)25-12(2)17(22)21-16-8-7-14(19)10-20-16/h4-10,12-13H,1-3H3,(H,20,21,22)/t12-,13-/m0/s1. The average Bonchev–Trinajstić information content (AvgIpc) is 2.56. The summed E-state index contributed by atoms with van der Waals surface area (Å²) in [5, 5.41) is 3.00. The molecule has 0 radical (unpaired) electrons. The number of ether oxygens (including phenoxy) is 2. The van der Waals surface area contributed by atoms with Gasteiger partial charge in [0.15, 0.2) is 12.2 Å². The summed E-state index contributed by atoms with van der Waals surface area (Å²) in [5.41, 5.74) is 1.02. The van der Waals surface area contributed by atoms with Crippen molar-refractivity contribution >= 4 is 29.3 Å². The quantitative estimate of drug-likeness (QED) is 0.797. The Morgan fingerprint density at radius 2 is 1.92 bits per heavy atom. The van der Waals surface area contributed by atoms with E-state index in [0.29, 0.717) is 16.6 Å². The van der Waals surface area contributed by atoms with E-state index < -0.39 is 24.1 Å². The van der Waals surface area contributed by atoms with Crippen LogP contribution in [-0.2, 0) is 14.3 Å². The highest BCUT2D eigenvalue weighted by molar-refractivity contribution is 6.30. The van der Waals surface area contributed by atoms with E-state index in [9.17, 15) is 9.59 Å². The van der Waals surface area contributed by atoms with Crippen molar-refractivity contribution in [1.29, 1.82) is 0 Å². The highest BCUT2D eigenvalue weighted by atomic mass is 35.5. The molecule has 0 aliphatic rings. The molecule has 2 rings (SSSR count). The lowest BCUT2D eigenvalue weighted by Gasteiger charge is -2.17. The molecule has 25 heavy (non-hydrogen) atoms. The molecule has 132 valence electrons. The van der Waals surface area contributed by atoms with Gasteiger partial charge in [0.2, 0.25) is 0 Å². The van der Waals surface area contributed by atoms with Crippen LogP contribution in [0.4, 0.5) is 5.82 Å². The van der Waals surface area contributed by atoms with Gasteiger partial charge in [-0.3, -0.25) is 4.79 Å². The first-order chi connectivity index (χ1) is 11.8. The Morgan fingerprint density at radius 1 is 1.16 bits per heavy atom. The molecular formula is C18H19ClN2O4. The van der Waals surface area contributed by atoms with Crippen LogP contribution >= 0.6 is 11.6 Å². The van der Waals surface area contributed by atoms with Gasteiger partial charge in [-0.15, -0.1) is 0 Å². The van der Waals surface area contributed by atoms with Gasteiger partial charge in [0, 0.05) is 6.20 Å². The number of hydrogen-bond acceptors (Lipinski definition) is 5. The van der Waals surface area contributed by atoms with Crippen LogP contribution < -0.4 is 10.1 Å². The second-order valence-corrected chi connectivity index (χ2v) is 5.94. The minimum absolute atomic E-state index is 0.321. The number of esters is 1. The number of pyridine rings is 1. The maximum absolute atomic E-state index is 12.1. The van der Waals surface area contributed by atoms with Gasteiger partial charge in [0.1, 0.15) is 11.6 Å². The lowest BCUT2D eigenvalue weighted by atomic mass is 10.2. The Bertz CT molecular complexity index is 749. The normalized spacial score (nSPS) is 12.8. The zero-order chi connectivity index (χ0) is 18.4. The summed E-state index contributed by atoms with van der Waals surface area (Å²) >= 11 is 5.73. The second-order valence-electron chi connectivity index (χ2n) is 5.51. The summed E-state index contributed by atoms with van der Waals surface area (Å²) in [6, 6.07) is 10.5. The van der Waals surface area contributed by atoms with Crippen LogP contribution in [-0.4, -0.2) is 29.1 Å². The molecule has 0 aliphatic carbocycles. The fourth-order valence-electron chi connectivity index (χ4n) is 1.94. The van der Waals surface area contributed by atoms with Gasteiger partial charge in [0.05, 0.1) is 5.02 Å². The molecule has 0 saturated carbocycles. The van der Waals surface area contributed by atoms with Gasteiger partial charge < -0.3 is 14.8 Å². The van der Waals surface area contributed by atoms with Gasteiger partial charge >= 0.3 is 5.97 Å². The van der Waals surface area contributed by atoms with Crippen LogP contribution in [0.2, 0.25) is 5.02 Å². The van der Waals surface area contributed by atoms with Crippen molar-refractivity contribution in [2.75, 3.05) is 5.32 Å². The van der Waals surface area contributed by atoms with Crippen molar-refractivity contribution in [2.24, 2.45) is 0 Å². The lowest BCUT2D eigenvalue weighted by Crippen LogP contribution is -2.35. The van der Waals surface area contributed by atoms with Gasteiger partial charge in [-0.05, 0) is 50.6 Å². The van der Waals surface area contributed by atoms with Gasteiger partial charge in [-0.1, -0.05) is 23.7 Å². The smallest absolute Gasteiger partial charge is 0.347 e. The van der Waals surface area contributed by atoms with Crippen LogP contribution in [0.15, 0.2) is 42.6 Å². The van der Waals surface area contributed by atoms with Crippen molar-refractivity contribution < 1.29 is 19.1 Å². The molecule has 1 amide bonds. The summed E-state index contributed by atoms with van der Waals surface area (Å²) < 4.78 is 10.7. The number of aromatic nitrogens is 1. The van der Waals surface area contributed by atoms with Crippen LogP contribution in [0.5, 0.6) is 5.75 Å². The minimum atomic E-state index is -0.992. The molecule has 6 nitrogen and oxygen atoms in total. The molecule has 1 aromatic heterocycles. The molecule has 2 atom stereocenters. The largest absolute Gasteiger partial charge is 0.479 e. The van der Waals surface area contributed by atoms with Crippen LogP contribution in [0.25, 0.3) is 0 Å². The Labute approximate surface area is 151 Å². The van der Waals surface area contributed by atoms with E-state index in [1.165, 1.54) is 13.1 Å². The Morgan fingerprint density at radius 3 is 2.56 bits per heavy atom. The van der Waals surface area contributed by atoms with Crippen LogP contribution in [0.1, 0.15) is 19.4 Å². The third kappa shape index (κ3) is 5.76. The van der Waals surface area contributed by atoms with Crippen molar-refractivity contribution in [3.63, 3.8) is 0 Å². The summed E-state index contributed by atoms with van der Waals surface area (Å²) in [7, 11) is 0. The molecule has 0 fully saturated rings. The average molecular weight is 363 g/mol. The summed E-state index contributed by atoms with van der Waals surface area (Å²) in [4.78, 5) is 28.1. The van der Waals surface area contributed by atoms with E-state index >= 15 is 0 Å². The SMILES string of the molecule is Cc1cccc(O[C@@H](C)C(=O)O[C@@H](C)C(=O)Nc2ccc(Cl)cn2)c1. The molecule has 0 unspecified atom stereocenters. The minimum Gasteiger partial charge on any atom is -0.479 e. The number of anilines is 1. The molecule has 2 aromatic rings. The Kier molecular flexibility index (Phi) is 6.36. The number of amides is 1. The van der Waals surface area contributed by atoms with Crippen molar-refractivity contribution in [3.8, 4) is 5.75 Å². The Balaban J connectivity index is 1.87. The molecule has 1 aromatic carbocycles. The monoisotopic (exact) mass is 362 g/mol. The fourth-order valence-corrected chi connectivity index (χ4v) is 2.05. The van der Waals surface area contributed by atoms with E-state index in [2.05, 4.69) is 10.3 Å². The van der Waals surface area contributed by atoms with Gasteiger partial charge in [-0.2, -0.15) is 0 Å². The van der Waals surface area contributed by atoms with Crippen molar-refractivity contribution in [2.45, 2.75) is 33.0 Å². The van der Waals surface area contributed by atoms with E-state index in [1.807, 2.05) is 25.1 Å². The van der Waals surface area contributed by atoms with E-state index in [1.54, 1.807) is 25.1 Å². The third-order valence-electron chi connectivity index (χ3n) is 3.28. The van der Waals surface area contributed by atoms with E-state index in [0.717, 1.165) is 5.56 Å². The predicted molar refractivity (Wildman–Crippen MR) is 94.7 cm³/mol. The number of aryl methyl sites for hydroxylation is 1. The summed E-state index contributed by atoms with van der Waals surface area (Å²) in [6.07, 6.45) is -0.426. The maximum Gasteiger partial charge on any atom is 0.347 e. The number of carbonyl (C=O) groups excluding carboxylic acids is 2. The molecule has 0 bridgehead atoms. The Hall–Kier alpha value is -2.60. The van der Waals surface area contributed by atoms with Crippen molar-refractivity contribution in [1.82, 2.24) is 4.98 Å². The number of hydrogen-bond donors (Lipinski definition) is 1. The van der Waals surface area contributed by atoms with Gasteiger partial charge in [-0.25, -0.2) is 9.78 Å². The second kappa shape index (κ2) is 8.48. The number of benzene rings is 1. The topological polar surface area (TPSA) is 77.5 Å². The van der Waals surface area contributed by atoms with E-state index in [4.69, 9.17) is 21.1 Å². The predicted octanol–water partition coefficient (Wildman–Crippen LogP) is 3.38. The number of halogens is 1. The first-order valence-electron chi connectivity index (χ1n) is 7.71. The fraction of sp³-hybridized carbons (Fsp3) is 0.278. The first kappa shape index (κ1) is 18.7. The maximum atomic E-state index is 12.1. The van der Waals surface area contributed by atoms with Crippen LogP contribution in [0, 0.1) is 6.92 Å². The molecule has 0 aliphatic heterocycles. The molecule has 0 saturated heterocycles. The number of rotatable bonds is 6. The molecule has 1 heterocycles. The van der Waals surface area contributed by atoms with Gasteiger partial charge in [0.25, 0.3) is 5.91 Å². The number of nitrogens with zero attached hydrogens (tertiary/aromatic N) is 1.